The molecule has 0 aromatic carbocycles. The SMILES string of the molecule is CC.CC.Cc1cc(NC(C)C)ncc1Cl. The molecule has 1 heterocycles. The summed E-state index contributed by atoms with van der Waals surface area (Å²) in [7, 11) is 0. The van der Waals surface area contributed by atoms with Gasteiger partial charge in [0.25, 0.3) is 0 Å². The van der Waals surface area contributed by atoms with Crippen molar-refractivity contribution in [3.63, 3.8) is 0 Å². The Bertz CT molecular complexity index is 273. The Morgan fingerprint density at radius 1 is 1.19 bits per heavy atom. The van der Waals surface area contributed by atoms with Crippen LogP contribution >= 0.6 is 11.6 Å². The third-order valence-electron chi connectivity index (χ3n) is 1.48. The number of hydrogen-bond acceptors (Lipinski definition) is 2. The Labute approximate surface area is 105 Å². The van der Waals surface area contributed by atoms with Gasteiger partial charge in [0.05, 0.1) is 5.02 Å². The first-order chi connectivity index (χ1) is 7.59. The molecule has 0 fully saturated rings. The molecule has 0 amide bonds. The van der Waals surface area contributed by atoms with Crippen LogP contribution in [0.3, 0.4) is 0 Å². The number of nitrogens with one attached hydrogen (secondary N) is 1. The molecule has 1 N–H and O–H groups in total. The third-order valence-corrected chi connectivity index (χ3v) is 1.88. The molecule has 0 saturated heterocycles. The molecule has 0 bridgehead atoms. The molecule has 0 unspecified atom stereocenters. The molecule has 0 saturated carbocycles. The zero-order valence-electron chi connectivity index (χ0n) is 11.6. The van der Waals surface area contributed by atoms with Crippen LogP contribution < -0.4 is 5.32 Å². The van der Waals surface area contributed by atoms with Crippen LogP contribution in [-0.2, 0) is 0 Å². The first-order valence-corrected chi connectivity index (χ1v) is 6.36. The second-order valence-corrected chi connectivity index (χ2v) is 3.52. The number of anilines is 1. The van der Waals surface area contributed by atoms with E-state index in [0.717, 1.165) is 11.4 Å². The molecule has 1 aromatic heterocycles. The van der Waals surface area contributed by atoms with Gasteiger partial charge in [0, 0.05) is 12.2 Å². The number of nitrogens with zero attached hydrogens (tertiary/aromatic N) is 1. The second-order valence-electron chi connectivity index (χ2n) is 3.12. The zero-order chi connectivity index (χ0) is 13.1. The summed E-state index contributed by atoms with van der Waals surface area (Å²) < 4.78 is 0. The van der Waals surface area contributed by atoms with Gasteiger partial charge >= 0.3 is 0 Å². The molecule has 0 radical (unpaired) electrons. The van der Waals surface area contributed by atoms with E-state index in [1.807, 2.05) is 40.7 Å². The van der Waals surface area contributed by atoms with Crippen molar-refractivity contribution in [3.05, 3.63) is 22.8 Å². The number of rotatable bonds is 2. The summed E-state index contributed by atoms with van der Waals surface area (Å²) in [6.45, 7) is 14.1. The number of hydrogen-bond donors (Lipinski definition) is 1. The molecular formula is C13H25ClN2. The van der Waals surface area contributed by atoms with Crippen LogP contribution in [0.4, 0.5) is 5.82 Å². The van der Waals surface area contributed by atoms with Gasteiger partial charge in [0.1, 0.15) is 5.82 Å². The summed E-state index contributed by atoms with van der Waals surface area (Å²) in [5, 5.41) is 3.92. The van der Waals surface area contributed by atoms with Gasteiger partial charge in [0.2, 0.25) is 0 Å². The van der Waals surface area contributed by atoms with Gasteiger partial charge in [-0.05, 0) is 32.4 Å². The zero-order valence-corrected chi connectivity index (χ0v) is 12.3. The molecule has 0 atom stereocenters. The average molecular weight is 245 g/mol. The van der Waals surface area contributed by atoms with Crippen LogP contribution in [0.15, 0.2) is 12.3 Å². The Kier molecular flexibility index (Phi) is 11.8. The minimum atomic E-state index is 0.401. The number of aromatic nitrogens is 1. The minimum absolute atomic E-state index is 0.401. The van der Waals surface area contributed by atoms with Crippen molar-refractivity contribution >= 4 is 17.4 Å². The van der Waals surface area contributed by atoms with Crippen LogP contribution in [0.1, 0.15) is 47.1 Å². The van der Waals surface area contributed by atoms with Crippen LogP contribution in [0.25, 0.3) is 0 Å². The summed E-state index contributed by atoms with van der Waals surface area (Å²) >= 11 is 5.83. The van der Waals surface area contributed by atoms with E-state index < -0.39 is 0 Å². The van der Waals surface area contributed by atoms with E-state index in [1.165, 1.54) is 0 Å². The van der Waals surface area contributed by atoms with Gasteiger partial charge in [-0.25, -0.2) is 4.98 Å². The Morgan fingerprint density at radius 3 is 2.06 bits per heavy atom. The minimum Gasteiger partial charge on any atom is -0.368 e. The highest BCUT2D eigenvalue weighted by molar-refractivity contribution is 6.31. The lowest BCUT2D eigenvalue weighted by Crippen LogP contribution is -2.10. The molecular weight excluding hydrogens is 220 g/mol. The van der Waals surface area contributed by atoms with Gasteiger partial charge in [-0.15, -0.1) is 0 Å². The topological polar surface area (TPSA) is 24.9 Å². The van der Waals surface area contributed by atoms with Gasteiger partial charge in [-0.3, -0.25) is 0 Å². The fraction of sp³-hybridized carbons (Fsp3) is 0.615. The lowest BCUT2D eigenvalue weighted by molar-refractivity contribution is 0.888. The van der Waals surface area contributed by atoms with E-state index in [4.69, 9.17) is 11.6 Å². The highest BCUT2D eigenvalue weighted by atomic mass is 35.5. The van der Waals surface area contributed by atoms with Crippen molar-refractivity contribution in [2.24, 2.45) is 0 Å². The van der Waals surface area contributed by atoms with Gasteiger partial charge in [-0.1, -0.05) is 39.3 Å². The lowest BCUT2D eigenvalue weighted by Gasteiger charge is -2.09. The predicted octanol–water partition coefficient (Wildman–Crippen LogP) is 4.92. The average Bonchev–Trinajstić information content (AvgIpc) is 2.28. The van der Waals surface area contributed by atoms with Crippen LogP contribution in [0, 0.1) is 6.92 Å². The Hall–Kier alpha value is -0.760. The molecule has 2 nitrogen and oxygen atoms in total. The molecule has 0 spiro atoms. The van der Waals surface area contributed by atoms with Gasteiger partial charge < -0.3 is 5.32 Å². The van der Waals surface area contributed by atoms with E-state index in [2.05, 4.69) is 24.1 Å². The Morgan fingerprint density at radius 2 is 1.69 bits per heavy atom. The first-order valence-electron chi connectivity index (χ1n) is 5.98. The number of pyridine rings is 1. The maximum Gasteiger partial charge on any atom is 0.126 e. The summed E-state index contributed by atoms with van der Waals surface area (Å²) in [6.07, 6.45) is 1.67. The summed E-state index contributed by atoms with van der Waals surface area (Å²) in [6, 6.07) is 2.35. The summed E-state index contributed by atoms with van der Waals surface area (Å²) in [5.74, 6) is 0.881. The number of halogens is 1. The molecule has 94 valence electrons. The van der Waals surface area contributed by atoms with E-state index in [1.54, 1.807) is 6.20 Å². The smallest absolute Gasteiger partial charge is 0.126 e. The van der Waals surface area contributed by atoms with Crippen molar-refractivity contribution in [2.45, 2.75) is 54.5 Å². The van der Waals surface area contributed by atoms with Crippen molar-refractivity contribution in [2.75, 3.05) is 5.32 Å². The predicted molar refractivity (Wildman–Crippen MR) is 75.4 cm³/mol. The van der Waals surface area contributed by atoms with Gasteiger partial charge in [-0.2, -0.15) is 0 Å². The third kappa shape index (κ3) is 7.52. The highest BCUT2D eigenvalue weighted by Gasteiger charge is 1.99. The van der Waals surface area contributed by atoms with E-state index in [0.29, 0.717) is 11.1 Å². The molecule has 1 rings (SSSR count). The van der Waals surface area contributed by atoms with E-state index >= 15 is 0 Å². The molecule has 3 heteroatoms. The fourth-order valence-corrected chi connectivity index (χ4v) is 1.02. The standard InChI is InChI=1S/C9H13ClN2.2C2H6/c1-6(2)12-9-4-7(3)8(10)5-11-9;2*1-2/h4-6H,1-3H3,(H,11,12);2*1-2H3. The van der Waals surface area contributed by atoms with E-state index in [-0.39, 0.29) is 0 Å². The summed E-state index contributed by atoms with van der Waals surface area (Å²) in [5.41, 5.74) is 1.05. The summed E-state index contributed by atoms with van der Waals surface area (Å²) in [4.78, 5) is 4.14. The first kappa shape index (κ1) is 17.6. The second kappa shape index (κ2) is 10.7. The quantitative estimate of drug-likeness (QED) is 0.799. The van der Waals surface area contributed by atoms with Crippen molar-refractivity contribution in [1.29, 1.82) is 0 Å². The van der Waals surface area contributed by atoms with Crippen molar-refractivity contribution < 1.29 is 0 Å². The maximum atomic E-state index is 5.83. The molecule has 1 aromatic rings. The monoisotopic (exact) mass is 244 g/mol. The largest absolute Gasteiger partial charge is 0.368 e. The molecule has 0 aliphatic carbocycles. The van der Waals surface area contributed by atoms with Crippen LogP contribution in [0.5, 0.6) is 0 Å². The number of aryl methyl sites for hydroxylation is 1. The lowest BCUT2D eigenvalue weighted by atomic mass is 10.3. The normalized spacial score (nSPS) is 8.56. The maximum absolute atomic E-state index is 5.83. The molecule has 0 aliphatic heterocycles. The molecule has 16 heavy (non-hydrogen) atoms. The Balaban J connectivity index is 0. The highest BCUT2D eigenvalue weighted by Crippen LogP contribution is 2.16. The van der Waals surface area contributed by atoms with Crippen LogP contribution in [-0.4, -0.2) is 11.0 Å². The van der Waals surface area contributed by atoms with E-state index in [9.17, 15) is 0 Å². The van der Waals surface area contributed by atoms with Gasteiger partial charge in [0.15, 0.2) is 0 Å². The molecule has 0 aliphatic rings. The van der Waals surface area contributed by atoms with Crippen molar-refractivity contribution in [3.8, 4) is 0 Å². The fourth-order valence-electron chi connectivity index (χ4n) is 0.914. The van der Waals surface area contributed by atoms with Crippen molar-refractivity contribution in [1.82, 2.24) is 4.98 Å². The van der Waals surface area contributed by atoms with Crippen LogP contribution in [0.2, 0.25) is 5.02 Å².